The summed E-state index contributed by atoms with van der Waals surface area (Å²) >= 11 is 1.09. The fourth-order valence-electron chi connectivity index (χ4n) is 1.75. The Bertz CT molecular complexity index is 543. The summed E-state index contributed by atoms with van der Waals surface area (Å²) in [6, 6.07) is 3.16. The van der Waals surface area contributed by atoms with Gasteiger partial charge in [-0.15, -0.1) is 11.3 Å². The van der Waals surface area contributed by atoms with Crippen molar-refractivity contribution in [3.05, 3.63) is 21.9 Å². The molecular weight excluding hydrogens is 315 g/mol. The number of carbonyl (C=O) groups is 2. The Balaban J connectivity index is 3.29. The van der Waals surface area contributed by atoms with Crippen LogP contribution in [0.25, 0.3) is 0 Å². The van der Waals surface area contributed by atoms with Crippen LogP contribution in [-0.2, 0) is 23.1 Å². The lowest BCUT2D eigenvalue weighted by molar-refractivity contribution is -0.140. The Kier molecular flexibility index (Phi) is 6.74. The van der Waals surface area contributed by atoms with E-state index in [4.69, 9.17) is 13.8 Å². The van der Waals surface area contributed by atoms with Crippen molar-refractivity contribution < 1.29 is 27.9 Å². The molecule has 1 unspecified atom stereocenters. The summed E-state index contributed by atoms with van der Waals surface area (Å²) in [7, 11) is -2.51. The van der Waals surface area contributed by atoms with E-state index in [1.807, 2.05) is 0 Å². The number of hydrogen-bond acceptors (Lipinski definition) is 7. The lowest BCUT2D eigenvalue weighted by Crippen LogP contribution is -2.17. The van der Waals surface area contributed by atoms with Crippen LogP contribution in [0.3, 0.4) is 0 Å². The van der Waals surface area contributed by atoms with Crippen molar-refractivity contribution in [1.82, 2.24) is 0 Å². The van der Waals surface area contributed by atoms with Crippen molar-refractivity contribution in [1.29, 1.82) is 0 Å². The SMILES string of the molecule is CCOP(=O)(OCC)C(C(=O)OC)c1ccc(C(C)=O)s1. The van der Waals surface area contributed by atoms with E-state index in [2.05, 4.69) is 0 Å². The van der Waals surface area contributed by atoms with Gasteiger partial charge in [-0.3, -0.25) is 14.2 Å². The molecular formula is C13H19O6PS. The second-order valence-corrected chi connectivity index (χ2v) is 7.29. The Morgan fingerprint density at radius 2 is 1.81 bits per heavy atom. The lowest BCUT2D eigenvalue weighted by Gasteiger charge is -2.23. The maximum atomic E-state index is 12.9. The van der Waals surface area contributed by atoms with Gasteiger partial charge in [-0.25, -0.2) is 0 Å². The molecule has 1 heterocycles. The topological polar surface area (TPSA) is 78.9 Å². The van der Waals surface area contributed by atoms with Crippen molar-refractivity contribution >= 4 is 30.7 Å². The summed E-state index contributed by atoms with van der Waals surface area (Å²) in [5.41, 5.74) is -1.18. The van der Waals surface area contributed by atoms with Gasteiger partial charge in [0.15, 0.2) is 11.4 Å². The maximum absolute atomic E-state index is 12.9. The highest BCUT2D eigenvalue weighted by Gasteiger charge is 2.44. The molecule has 0 aliphatic carbocycles. The van der Waals surface area contributed by atoms with Crippen molar-refractivity contribution in [2.24, 2.45) is 0 Å². The third-order valence-corrected chi connectivity index (χ3v) is 6.39. The van der Waals surface area contributed by atoms with Crippen molar-refractivity contribution in [3.63, 3.8) is 0 Å². The standard InChI is InChI=1S/C13H19O6PS/c1-5-18-20(16,19-6-2)12(13(15)17-4)11-8-7-10(21-11)9(3)14/h7-8,12H,5-6H2,1-4H3. The number of carbonyl (C=O) groups excluding carboxylic acids is 2. The van der Waals surface area contributed by atoms with Gasteiger partial charge in [-0.1, -0.05) is 0 Å². The molecule has 118 valence electrons. The number of rotatable bonds is 8. The molecule has 0 radical (unpaired) electrons. The minimum atomic E-state index is -3.72. The van der Waals surface area contributed by atoms with E-state index >= 15 is 0 Å². The van der Waals surface area contributed by atoms with Crippen molar-refractivity contribution in [2.45, 2.75) is 26.4 Å². The van der Waals surface area contributed by atoms with Gasteiger partial charge in [0.25, 0.3) is 0 Å². The normalized spacial score (nSPS) is 13.0. The van der Waals surface area contributed by atoms with Crippen LogP contribution in [0.1, 0.15) is 41.0 Å². The van der Waals surface area contributed by atoms with Crippen LogP contribution in [0.5, 0.6) is 0 Å². The highest BCUT2D eigenvalue weighted by molar-refractivity contribution is 7.55. The molecule has 0 bridgehead atoms. The zero-order valence-electron chi connectivity index (χ0n) is 12.5. The van der Waals surface area contributed by atoms with Gasteiger partial charge in [0, 0.05) is 4.88 Å². The van der Waals surface area contributed by atoms with Crippen molar-refractivity contribution in [2.75, 3.05) is 20.3 Å². The van der Waals surface area contributed by atoms with Crippen molar-refractivity contribution in [3.8, 4) is 0 Å². The molecule has 21 heavy (non-hydrogen) atoms. The molecule has 0 spiro atoms. The molecule has 1 aromatic heterocycles. The third-order valence-electron chi connectivity index (χ3n) is 2.60. The molecule has 0 saturated heterocycles. The minimum absolute atomic E-state index is 0.127. The van der Waals surface area contributed by atoms with E-state index in [9.17, 15) is 14.2 Å². The van der Waals surface area contributed by atoms with Crippen LogP contribution in [-0.4, -0.2) is 32.1 Å². The Labute approximate surface area is 127 Å². The second-order valence-electron chi connectivity index (χ2n) is 4.06. The number of ether oxygens (including phenoxy) is 1. The average molecular weight is 334 g/mol. The van der Waals surface area contributed by atoms with Crippen LogP contribution in [0.4, 0.5) is 0 Å². The first-order chi connectivity index (χ1) is 9.89. The van der Waals surface area contributed by atoms with E-state index < -0.39 is 19.2 Å². The number of methoxy groups -OCH3 is 1. The summed E-state index contributed by atoms with van der Waals surface area (Å²) in [6.45, 7) is 5.02. The fraction of sp³-hybridized carbons (Fsp3) is 0.538. The van der Waals surface area contributed by atoms with E-state index in [0.717, 1.165) is 11.3 Å². The predicted octanol–water partition coefficient (Wildman–Crippen LogP) is 3.43. The molecule has 0 amide bonds. The summed E-state index contributed by atoms with van der Waals surface area (Å²) in [5, 5.41) is 0. The molecule has 0 aliphatic heterocycles. The number of thiophene rings is 1. The number of esters is 1. The van der Waals surface area contributed by atoms with Crippen LogP contribution in [0, 0.1) is 0 Å². The zero-order valence-corrected chi connectivity index (χ0v) is 14.2. The summed E-state index contributed by atoms with van der Waals surface area (Å²) < 4.78 is 28.1. The lowest BCUT2D eigenvalue weighted by atomic mass is 10.3. The molecule has 0 fully saturated rings. The minimum Gasteiger partial charge on any atom is -0.468 e. The number of ketones is 1. The summed E-state index contributed by atoms with van der Waals surface area (Å²) in [6.07, 6.45) is 0. The molecule has 8 heteroatoms. The zero-order chi connectivity index (χ0) is 16.0. The third kappa shape index (κ3) is 4.23. The molecule has 0 saturated carbocycles. The van der Waals surface area contributed by atoms with E-state index in [-0.39, 0.29) is 19.0 Å². The Morgan fingerprint density at radius 3 is 2.19 bits per heavy atom. The van der Waals surface area contributed by atoms with Gasteiger partial charge in [-0.2, -0.15) is 0 Å². The number of hydrogen-bond donors (Lipinski definition) is 0. The molecule has 6 nitrogen and oxygen atoms in total. The summed E-state index contributed by atoms with van der Waals surface area (Å²) in [5.74, 6) is -0.838. The second kappa shape index (κ2) is 7.84. The van der Waals surface area contributed by atoms with Gasteiger partial charge in [0.1, 0.15) is 0 Å². The van der Waals surface area contributed by atoms with E-state index in [1.165, 1.54) is 14.0 Å². The maximum Gasteiger partial charge on any atom is 0.350 e. The van der Waals surface area contributed by atoms with E-state index in [1.54, 1.807) is 26.0 Å². The quantitative estimate of drug-likeness (QED) is 0.412. The Hall–Kier alpha value is -1.01. The molecule has 1 atom stereocenters. The Morgan fingerprint density at radius 1 is 1.24 bits per heavy atom. The first kappa shape index (κ1) is 18.0. The molecule has 1 rings (SSSR count). The number of Topliss-reactive ketones (excluding diaryl/α,β-unsaturated/α-hetero) is 1. The highest BCUT2D eigenvalue weighted by atomic mass is 32.1. The monoisotopic (exact) mass is 334 g/mol. The van der Waals surface area contributed by atoms with Gasteiger partial charge in [-0.05, 0) is 32.9 Å². The predicted molar refractivity (Wildman–Crippen MR) is 79.9 cm³/mol. The molecule has 0 aliphatic rings. The first-order valence-electron chi connectivity index (χ1n) is 6.46. The van der Waals surface area contributed by atoms with Gasteiger partial charge in [0.05, 0.1) is 25.2 Å². The molecule has 0 aromatic carbocycles. The average Bonchev–Trinajstić information content (AvgIpc) is 2.88. The summed E-state index contributed by atoms with van der Waals surface area (Å²) in [4.78, 5) is 24.3. The van der Waals surface area contributed by atoms with Gasteiger partial charge in [0.2, 0.25) is 0 Å². The van der Waals surface area contributed by atoms with Crippen LogP contribution in [0.15, 0.2) is 12.1 Å². The van der Waals surface area contributed by atoms with Gasteiger partial charge < -0.3 is 13.8 Å². The largest absolute Gasteiger partial charge is 0.468 e. The molecule has 1 aromatic rings. The fourth-order valence-corrected chi connectivity index (χ4v) is 5.02. The van der Waals surface area contributed by atoms with Crippen LogP contribution in [0.2, 0.25) is 0 Å². The highest BCUT2D eigenvalue weighted by Crippen LogP contribution is 2.62. The van der Waals surface area contributed by atoms with Crippen LogP contribution < -0.4 is 0 Å². The van der Waals surface area contributed by atoms with Gasteiger partial charge >= 0.3 is 13.6 Å². The molecule has 0 N–H and O–H groups in total. The smallest absolute Gasteiger partial charge is 0.350 e. The first-order valence-corrected chi connectivity index (χ1v) is 8.89. The van der Waals surface area contributed by atoms with Crippen LogP contribution >= 0.6 is 18.9 Å². The van der Waals surface area contributed by atoms with E-state index in [0.29, 0.717) is 9.75 Å².